The maximum Gasteiger partial charge on any atom is 0.418 e. The maximum absolute atomic E-state index is 14.1. The van der Waals surface area contributed by atoms with Crippen LogP contribution in [-0.2, 0) is 23.9 Å². The minimum absolute atomic E-state index is 0.00688. The maximum atomic E-state index is 14.1. The second-order valence-corrected chi connectivity index (χ2v) is 15.0. The van der Waals surface area contributed by atoms with Gasteiger partial charge in [-0.15, -0.1) is 0 Å². The molecule has 0 radical (unpaired) electrons. The number of benzene rings is 2. The number of ketones is 1. The number of nitrogens with one attached hydrogen (secondary N) is 3. The van der Waals surface area contributed by atoms with Gasteiger partial charge in [-0.3, -0.25) is 19.2 Å². The molecule has 1 fully saturated rings. The lowest BCUT2D eigenvalue weighted by Crippen LogP contribution is -2.55. The van der Waals surface area contributed by atoms with Crippen LogP contribution in [0.4, 0.5) is 16.2 Å². The molecule has 0 spiro atoms. The highest BCUT2D eigenvalue weighted by Gasteiger charge is 2.55. The lowest BCUT2D eigenvalue weighted by atomic mass is 9.89. The number of Topliss-reactive ketones (excluding diaryl/α,β-unsaturated/α-hetero) is 1. The summed E-state index contributed by atoms with van der Waals surface area (Å²) in [6, 6.07) is 11.8. The van der Waals surface area contributed by atoms with E-state index >= 15 is 0 Å². The first-order chi connectivity index (χ1) is 25.5. The highest BCUT2D eigenvalue weighted by Crippen LogP contribution is 2.31. The van der Waals surface area contributed by atoms with Gasteiger partial charge in [-0.1, -0.05) is 139 Å². The molecule has 288 valence electrons. The van der Waals surface area contributed by atoms with Gasteiger partial charge in [0.1, 0.15) is 5.71 Å². The summed E-state index contributed by atoms with van der Waals surface area (Å²) in [5, 5.41) is 9.76. The molecule has 0 saturated carbocycles. The Morgan fingerprint density at radius 2 is 1.45 bits per heavy atom. The van der Waals surface area contributed by atoms with E-state index in [1.165, 1.54) is 103 Å². The Morgan fingerprint density at radius 3 is 2.02 bits per heavy atom. The van der Waals surface area contributed by atoms with Gasteiger partial charge < -0.3 is 20.8 Å². The summed E-state index contributed by atoms with van der Waals surface area (Å²) in [4.78, 5) is 67.7. The molecule has 2 aliphatic rings. The Hall–Kier alpha value is -4.25. The Labute approximate surface area is 319 Å². The van der Waals surface area contributed by atoms with Crippen LogP contribution in [0.5, 0.6) is 0 Å². The summed E-state index contributed by atoms with van der Waals surface area (Å²) in [7, 11) is 0. The fourth-order valence-electron chi connectivity index (χ4n) is 6.77. The van der Waals surface area contributed by atoms with E-state index in [1.54, 1.807) is 6.07 Å². The second kappa shape index (κ2) is 20.8. The molecule has 11 nitrogen and oxygen atoms in total. The zero-order valence-corrected chi connectivity index (χ0v) is 32.3. The summed E-state index contributed by atoms with van der Waals surface area (Å²) in [5.41, 5.74) is 2.47. The van der Waals surface area contributed by atoms with Crippen LogP contribution in [-0.4, -0.2) is 58.4 Å². The van der Waals surface area contributed by atoms with Gasteiger partial charge >= 0.3 is 6.09 Å². The highest BCUT2D eigenvalue weighted by atomic mass is 35.5. The van der Waals surface area contributed by atoms with Crippen molar-refractivity contribution < 1.29 is 28.7 Å². The quantitative estimate of drug-likeness (QED) is 0.0760. The molecule has 2 aliphatic heterocycles. The van der Waals surface area contributed by atoms with Crippen LogP contribution in [0.1, 0.15) is 135 Å². The molecule has 4 rings (SSSR count). The van der Waals surface area contributed by atoms with Crippen LogP contribution >= 0.6 is 11.6 Å². The zero-order chi connectivity index (χ0) is 38.2. The first-order valence-corrected chi connectivity index (χ1v) is 19.8. The van der Waals surface area contributed by atoms with Crippen molar-refractivity contribution in [2.75, 3.05) is 17.2 Å². The number of hydrogen-bond donors (Lipinski definition) is 3. The van der Waals surface area contributed by atoms with E-state index in [2.05, 4.69) is 28.1 Å². The van der Waals surface area contributed by atoms with E-state index in [4.69, 9.17) is 16.3 Å². The summed E-state index contributed by atoms with van der Waals surface area (Å²) in [6.45, 7) is 5.31. The first kappa shape index (κ1) is 41.5. The van der Waals surface area contributed by atoms with Crippen LogP contribution < -0.4 is 16.1 Å². The summed E-state index contributed by atoms with van der Waals surface area (Å²) in [6.07, 6.45) is 17.9. The molecule has 12 heteroatoms. The number of halogens is 1. The summed E-state index contributed by atoms with van der Waals surface area (Å²) in [5.74, 6) is -3.35. The van der Waals surface area contributed by atoms with Gasteiger partial charge in [0.25, 0.3) is 11.8 Å². The van der Waals surface area contributed by atoms with Gasteiger partial charge in [-0.2, -0.15) is 5.10 Å². The molecule has 2 aromatic carbocycles. The third-order valence-electron chi connectivity index (χ3n) is 9.82. The third-order valence-corrected chi connectivity index (χ3v) is 10.2. The molecule has 1 saturated heterocycles. The van der Waals surface area contributed by atoms with Gasteiger partial charge in [0.05, 0.1) is 16.6 Å². The van der Waals surface area contributed by atoms with E-state index in [0.29, 0.717) is 17.0 Å². The molecule has 3 N–H and O–H groups in total. The number of amides is 4. The summed E-state index contributed by atoms with van der Waals surface area (Å²) >= 11 is 6.44. The minimum atomic E-state index is -1.93. The number of unbranched alkanes of at least 4 members (excludes halogenated alkanes) is 14. The molecule has 0 aromatic heterocycles. The Bertz CT molecular complexity index is 1600. The molecule has 4 amide bonds. The van der Waals surface area contributed by atoms with Gasteiger partial charge in [0.2, 0.25) is 11.7 Å². The fraction of sp³-hybridized carbons (Fsp3) is 0.561. The molecule has 0 aliphatic carbocycles. The Balaban J connectivity index is 1.28. The lowest BCUT2D eigenvalue weighted by molar-refractivity contribution is -0.141. The Morgan fingerprint density at radius 1 is 0.868 bits per heavy atom. The van der Waals surface area contributed by atoms with Gasteiger partial charge in [0.15, 0.2) is 11.6 Å². The third kappa shape index (κ3) is 12.1. The predicted molar refractivity (Wildman–Crippen MR) is 209 cm³/mol. The molecule has 2 heterocycles. The van der Waals surface area contributed by atoms with E-state index in [1.807, 2.05) is 30.3 Å². The number of hydrogen-bond acceptors (Lipinski definition) is 8. The normalized spacial score (nSPS) is 16.9. The molecule has 0 bridgehead atoms. The molecular formula is C41H56ClN5O6. The van der Waals surface area contributed by atoms with Crippen molar-refractivity contribution in [3.8, 4) is 0 Å². The largest absolute Gasteiger partial charge is 0.433 e. The highest BCUT2D eigenvalue weighted by molar-refractivity contribution is 6.48. The summed E-state index contributed by atoms with van der Waals surface area (Å²) < 4.78 is 5.23. The fourth-order valence-corrected chi connectivity index (χ4v) is 6.93. The number of nitrogens with zero attached hydrogens (tertiary/aromatic N) is 2. The van der Waals surface area contributed by atoms with E-state index in [9.17, 15) is 24.0 Å². The lowest BCUT2D eigenvalue weighted by Gasteiger charge is -2.24. The second-order valence-electron chi connectivity index (χ2n) is 14.6. The number of cyclic esters (lactones) is 1. The molecular weight excluding hydrogens is 694 g/mol. The standard InChI is InChI=1S/C41H56ClN5O6/c1-4-5-6-7-8-9-10-11-12-13-14-15-16-17-21-24-34(48)44-30-25-26-32(42)33(27-30)45-38(50)36(47-39(51)41(2,3)53-40(47)52)37(49)35-31(28-43-46-35)29-22-19-18-20-23-29/h18-20,22-23,25-27,31,36,43H,4-17,21,24,28H2,1-3H3,(H,44,48)(H,45,50). The van der Waals surface area contributed by atoms with E-state index in [-0.39, 0.29) is 28.9 Å². The number of hydrazone groups is 1. The van der Waals surface area contributed by atoms with Crippen LogP contribution in [0.25, 0.3) is 0 Å². The van der Waals surface area contributed by atoms with Crippen molar-refractivity contribution in [3.05, 3.63) is 59.1 Å². The predicted octanol–water partition coefficient (Wildman–Crippen LogP) is 8.92. The minimum Gasteiger partial charge on any atom is -0.433 e. The molecule has 2 aromatic rings. The van der Waals surface area contributed by atoms with Crippen molar-refractivity contribution in [1.29, 1.82) is 0 Å². The van der Waals surface area contributed by atoms with Crippen LogP contribution in [0.2, 0.25) is 5.02 Å². The number of anilines is 2. The van der Waals surface area contributed by atoms with Crippen LogP contribution in [0.3, 0.4) is 0 Å². The first-order valence-electron chi connectivity index (χ1n) is 19.4. The van der Waals surface area contributed by atoms with Crippen molar-refractivity contribution >= 4 is 58.3 Å². The monoisotopic (exact) mass is 749 g/mol. The number of ether oxygens (including phenoxy) is 1. The average molecular weight is 750 g/mol. The van der Waals surface area contributed by atoms with E-state index in [0.717, 1.165) is 24.8 Å². The number of imide groups is 1. The van der Waals surface area contributed by atoms with Gasteiger partial charge in [-0.25, -0.2) is 9.69 Å². The average Bonchev–Trinajstić information content (AvgIpc) is 3.70. The van der Waals surface area contributed by atoms with Crippen molar-refractivity contribution in [1.82, 2.24) is 10.3 Å². The van der Waals surface area contributed by atoms with Crippen molar-refractivity contribution in [2.45, 2.75) is 141 Å². The van der Waals surface area contributed by atoms with Crippen LogP contribution in [0, 0.1) is 0 Å². The molecule has 2 atom stereocenters. The molecule has 53 heavy (non-hydrogen) atoms. The van der Waals surface area contributed by atoms with Crippen LogP contribution in [0.15, 0.2) is 53.6 Å². The smallest absolute Gasteiger partial charge is 0.418 e. The molecule has 2 unspecified atom stereocenters. The Kier molecular flexibility index (Phi) is 16.3. The zero-order valence-electron chi connectivity index (χ0n) is 31.5. The van der Waals surface area contributed by atoms with Gasteiger partial charge in [0, 0.05) is 18.7 Å². The topological polar surface area (TPSA) is 146 Å². The van der Waals surface area contributed by atoms with E-state index < -0.39 is 41.3 Å². The number of carbonyl (C=O) groups excluding carboxylic acids is 5. The number of carbonyl (C=O) groups is 5. The van der Waals surface area contributed by atoms with Crippen molar-refractivity contribution in [2.24, 2.45) is 5.10 Å². The number of rotatable bonds is 23. The SMILES string of the molecule is CCCCCCCCCCCCCCCCCC(=O)Nc1ccc(Cl)c(NC(=O)C(C(=O)C2=NNCC2c2ccccc2)N2C(=O)OC(C)(C)C2=O)c1. The van der Waals surface area contributed by atoms with Crippen molar-refractivity contribution in [3.63, 3.8) is 0 Å². The van der Waals surface area contributed by atoms with Gasteiger partial charge in [-0.05, 0) is 44.0 Å².